The molecule has 0 bridgehead atoms. The minimum atomic E-state index is -0.438. The van der Waals surface area contributed by atoms with E-state index in [0.717, 1.165) is 12.1 Å². The molecule has 3 rings (SSSR count). The van der Waals surface area contributed by atoms with Crippen molar-refractivity contribution in [2.45, 2.75) is 32.5 Å². The van der Waals surface area contributed by atoms with Gasteiger partial charge in [0, 0.05) is 11.7 Å². The molecule has 1 aliphatic heterocycles. The minimum Gasteiger partial charge on any atom is -0.494 e. The Morgan fingerprint density at radius 3 is 2.71 bits per heavy atom. The Balaban J connectivity index is 2.07. The van der Waals surface area contributed by atoms with Crippen molar-refractivity contribution in [1.29, 1.82) is 0 Å². The highest BCUT2D eigenvalue weighted by molar-refractivity contribution is 6.01. The van der Waals surface area contributed by atoms with Crippen molar-refractivity contribution >= 4 is 11.6 Å². The molecular weight excluding hydrogens is 307 g/mol. The van der Waals surface area contributed by atoms with Crippen molar-refractivity contribution in [3.05, 3.63) is 59.4 Å². The third-order valence-electron chi connectivity index (χ3n) is 4.52. The fraction of sp³-hybridized carbons (Fsp3) is 0.316. The van der Waals surface area contributed by atoms with Gasteiger partial charge in [0.25, 0.3) is 5.91 Å². The summed E-state index contributed by atoms with van der Waals surface area (Å²) in [5, 5.41) is 3.37. The van der Waals surface area contributed by atoms with Crippen LogP contribution in [-0.2, 0) is 0 Å². The lowest BCUT2D eigenvalue weighted by Crippen LogP contribution is -2.47. The first kappa shape index (κ1) is 16.3. The van der Waals surface area contributed by atoms with E-state index in [1.165, 1.54) is 13.2 Å². The molecule has 0 saturated carbocycles. The van der Waals surface area contributed by atoms with Gasteiger partial charge in [0.1, 0.15) is 6.17 Å². The van der Waals surface area contributed by atoms with E-state index in [9.17, 15) is 9.18 Å². The average Bonchev–Trinajstić information content (AvgIpc) is 2.61. The second kappa shape index (κ2) is 6.51. The monoisotopic (exact) mass is 328 g/mol. The number of nitrogens with one attached hydrogen (secondary N) is 1. The molecule has 2 atom stereocenters. The van der Waals surface area contributed by atoms with E-state index in [2.05, 4.69) is 5.32 Å². The maximum atomic E-state index is 14.2. The molecule has 1 N–H and O–H groups in total. The van der Waals surface area contributed by atoms with Gasteiger partial charge in [0.2, 0.25) is 0 Å². The summed E-state index contributed by atoms with van der Waals surface area (Å²) >= 11 is 0. The molecular formula is C19H21FN2O2. The van der Waals surface area contributed by atoms with Gasteiger partial charge in [-0.1, -0.05) is 25.1 Å². The first-order chi connectivity index (χ1) is 11.6. The normalized spacial score (nSPS) is 17.9. The van der Waals surface area contributed by atoms with Crippen LogP contribution >= 0.6 is 0 Å². The number of carbonyl (C=O) groups is 1. The average molecular weight is 328 g/mol. The molecule has 0 fully saturated rings. The summed E-state index contributed by atoms with van der Waals surface area (Å²) in [4.78, 5) is 14.8. The molecule has 1 aliphatic rings. The van der Waals surface area contributed by atoms with Gasteiger partial charge in [-0.05, 0) is 43.2 Å². The van der Waals surface area contributed by atoms with Crippen LogP contribution in [0, 0.1) is 5.82 Å². The number of anilines is 1. The molecule has 0 aromatic heterocycles. The van der Waals surface area contributed by atoms with Crippen LogP contribution in [0.3, 0.4) is 0 Å². The summed E-state index contributed by atoms with van der Waals surface area (Å²) in [7, 11) is 1.43. The fourth-order valence-corrected chi connectivity index (χ4v) is 3.02. The van der Waals surface area contributed by atoms with Crippen LogP contribution in [0.15, 0.2) is 42.5 Å². The molecule has 24 heavy (non-hydrogen) atoms. The molecule has 2 aromatic rings. The Labute approximate surface area is 141 Å². The van der Waals surface area contributed by atoms with E-state index >= 15 is 0 Å². The van der Waals surface area contributed by atoms with E-state index < -0.39 is 12.0 Å². The maximum absolute atomic E-state index is 14.2. The number of hydrogen-bond acceptors (Lipinski definition) is 3. The Kier molecular flexibility index (Phi) is 4.42. The highest BCUT2D eigenvalue weighted by Crippen LogP contribution is 2.36. The number of carbonyl (C=O) groups excluding carboxylic acids is 1. The molecule has 5 heteroatoms. The van der Waals surface area contributed by atoms with Crippen LogP contribution in [0.5, 0.6) is 5.75 Å². The zero-order valence-corrected chi connectivity index (χ0v) is 14.0. The predicted molar refractivity (Wildman–Crippen MR) is 91.7 cm³/mol. The second-order valence-corrected chi connectivity index (χ2v) is 5.96. The first-order valence-electron chi connectivity index (χ1n) is 8.08. The zero-order chi connectivity index (χ0) is 17.3. The number of ether oxygens (including phenoxy) is 1. The molecule has 0 radical (unpaired) electrons. The number of benzene rings is 2. The lowest BCUT2D eigenvalue weighted by Gasteiger charge is -2.41. The van der Waals surface area contributed by atoms with Gasteiger partial charge in [-0.15, -0.1) is 0 Å². The molecule has 0 unspecified atom stereocenters. The quantitative estimate of drug-likeness (QED) is 0.914. The van der Waals surface area contributed by atoms with E-state index in [0.29, 0.717) is 11.1 Å². The summed E-state index contributed by atoms with van der Waals surface area (Å²) in [6.45, 7) is 4.03. The van der Waals surface area contributed by atoms with Gasteiger partial charge in [-0.2, -0.15) is 0 Å². The van der Waals surface area contributed by atoms with Crippen molar-refractivity contribution in [3.8, 4) is 5.75 Å². The number of fused-ring (bicyclic) bond motifs is 1. The van der Waals surface area contributed by atoms with Gasteiger partial charge >= 0.3 is 0 Å². The molecule has 1 heterocycles. The summed E-state index contributed by atoms with van der Waals surface area (Å²) in [6.07, 6.45) is 0.396. The topological polar surface area (TPSA) is 41.6 Å². The van der Waals surface area contributed by atoms with Crippen LogP contribution in [-0.4, -0.2) is 24.0 Å². The number of halogens is 1. The van der Waals surface area contributed by atoms with Crippen molar-refractivity contribution in [2.75, 3.05) is 12.4 Å². The summed E-state index contributed by atoms with van der Waals surface area (Å²) < 4.78 is 19.1. The third kappa shape index (κ3) is 2.70. The van der Waals surface area contributed by atoms with Crippen molar-refractivity contribution in [3.63, 3.8) is 0 Å². The third-order valence-corrected chi connectivity index (χ3v) is 4.52. The lowest BCUT2D eigenvalue weighted by molar-refractivity contribution is 0.0593. The molecule has 0 saturated heterocycles. The Morgan fingerprint density at radius 2 is 2.04 bits per heavy atom. The first-order valence-corrected chi connectivity index (χ1v) is 8.08. The number of rotatable bonds is 4. The zero-order valence-electron chi connectivity index (χ0n) is 14.0. The van der Waals surface area contributed by atoms with E-state index in [1.807, 2.05) is 38.1 Å². The van der Waals surface area contributed by atoms with Crippen molar-refractivity contribution < 1.29 is 13.9 Å². The largest absolute Gasteiger partial charge is 0.494 e. The summed E-state index contributed by atoms with van der Waals surface area (Å²) in [5.41, 5.74) is 2.10. The van der Waals surface area contributed by atoms with Crippen LogP contribution in [0.1, 0.15) is 42.4 Å². The van der Waals surface area contributed by atoms with Crippen LogP contribution in [0.25, 0.3) is 0 Å². The molecule has 2 aromatic carbocycles. The van der Waals surface area contributed by atoms with Gasteiger partial charge < -0.3 is 15.0 Å². The van der Waals surface area contributed by atoms with E-state index in [-0.39, 0.29) is 17.7 Å². The number of hydrogen-bond donors (Lipinski definition) is 1. The molecule has 4 nitrogen and oxygen atoms in total. The predicted octanol–water partition coefficient (Wildman–Crippen LogP) is 4.20. The molecule has 0 spiro atoms. The van der Waals surface area contributed by atoms with Crippen LogP contribution in [0.4, 0.5) is 10.1 Å². The second-order valence-electron chi connectivity index (χ2n) is 5.96. The van der Waals surface area contributed by atoms with Gasteiger partial charge in [-0.25, -0.2) is 4.39 Å². The van der Waals surface area contributed by atoms with Gasteiger partial charge in [0.15, 0.2) is 11.6 Å². The smallest absolute Gasteiger partial charge is 0.258 e. The molecule has 0 aliphatic carbocycles. The van der Waals surface area contributed by atoms with Gasteiger partial charge in [-0.3, -0.25) is 4.79 Å². The highest BCUT2D eigenvalue weighted by Gasteiger charge is 2.35. The number of nitrogens with zero attached hydrogens (tertiary/aromatic N) is 1. The Morgan fingerprint density at radius 1 is 1.29 bits per heavy atom. The summed E-state index contributed by atoms with van der Waals surface area (Å²) in [5.74, 6) is -0.288. The van der Waals surface area contributed by atoms with Crippen molar-refractivity contribution in [2.24, 2.45) is 0 Å². The molecule has 126 valence electrons. The Hall–Kier alpha value is -2.56. The number of amides is 1. The lowest BCUT2D eigenvalue weighted by atomic mass is 10.0. The standard InChI is InChI=1S/C19H21FN2O2/c1-4-12(2)22-18(13-9-10-17(24-3)15(20)11-13)21-16-8-6-5-7-14(16)19(22)23/h5-12,18,21H,4H2,1-3H3/t12-,18-/m1/s1. The molecule has 1 amide bonds. The van der Waals surface area contributed by atoms with Crippen molar-refractivity contribution in [1.82, 2.24) is 4.90 Å². The highest BCUT2D eigenvalue weighted by atomic mass is 19.1. The van der Waals surface area contributed by atoms with E-state index in [4.69, 9.17) is 4.74 Å². The summed E-state index contributed by atoms with van der Waals surface area (Å²) in [6, 6.07) is 12.2. The van der Waals surface area contributed by atoms with E-state index in [1.54, 1.807) is 17.0 Å². The minimum absolute atomic E-state index is 0.0218. The SMILES string of the molecule is CC[C@@H](C)N1C(=O)c2ccccc2N[C@H]1c1ccc(OC)c(F)c1. The van der Waals surface area contributed by atoms with Crippen LogP contribution < -0.4 is 10.1 Å². The van der Waals surface area contributed by atoms with Gasteiger partial charge in [0.05, 0.1) is 12.7 Å². The Bertz CT molecular complexity index is 763. The fourth-order valence-electron chi connectivity index (χ4n) is 3.02. The maximum Gasteiger partial charge on any atom is 0.258 e. The van der Waals surface area contributed by atoms with Crippen LogP contribution in [0.2, 0.25) is 0 Å². The number of methoxy groups -OCH3 is 1. The number of para-hydroxylation sites is 1.